The third-order valence-corrected chi connectivity index (χ3v) is 4.34. The highest BCUT2D eigenvalue weighted by atomic mass is 28.3. The zero-order valence-corrected chi connectivity index (χ0v) is 10.8. The maximum absolute atomic E-state index is 2.44. The summed E-state index contributed by atoms with van der Waals surface area (Å²) in [6, 6.07) is 12.4. The Morgan fingerprint density at radius 1 is 1.14 bits per heavy atom. The van der Waals surface area contributed by atoms with E-state index in [0.29, 0.717) is 0 Å². The van der Waals surface area contributed by atoms with E-state index < -0.39 is 0 Å². The number of benzene rings is 1. The van der Waals surface area contributed by atoms with Gasteiger partial charge in [-0.2, -0.15) is 0 Å². The molecule has 0 radical (unpaired) electrons. The van der Waals surface area contributed by atoms with Crippen LogP contribution >= 0.6 is 0 Å². The van der Waals surface area contributed by atoms with E-state index in [9.17, 15) is 0 Å². The Hall–Kier alpha value is -0.563. The molecular weight excluding hydrogens is 184 g/mol. The maximum atomic E-state index is 2.44. The van der Waals surface area contributed by atoms with Crippen LogP contribution in [-0.4, -0.2) is 8.80 Å². The van der Waals surface area contributed by atoms with Crippen LogP contribution < -0.4 is 0 Å². The van der Waals surface area contributed by atoms with Gasteiger partial charge in [0.05, 0.1) is 0 Å². The lowest BCUT2D eigenvalue weighted by atomic mass is 9.94. The van der Waals surface area contributed by atoms with Crippen LogP contribution in [0.1, 0.15) is 31.2 Å². The van der Waals surface area contributed by atoms with E-state index in [1.165, 1.54) is 24.4 Å². The van der Waals surface area contributed by atoms with Gasteiger partial charge in [0.25, 0.3) is 0 Å². The second-order valence-corrected chi connectivity index (χ2v) is 7.85. The number of hydrogen-bond donors (Lipinski definition) is 0. The minimum absolute atomic E-state index is 0.364. The van der Waals surface area contributed by atoms with Crippen LogP contribution in [0.15, 0.2) is 30.3 Å². The summed E-state index contributed by atoms with van der Waals surface area (Å²) in [5, 5.41) is 0. The van der Waals surface area contributed by atoms with Crippen molar-refractivity contribution in [2.75, 3.05) is 0 Å². The van der Waals surface area contributed by atoms with Gasteiger partial charge >= 0.3 is 0 Å². The molecule has 0 bridgehead atoms. The number of rotatable bonds is 5. The van der Waals surface area contributed by atoms with Gasteiger partial charge in [-0.05, 0) is 24.3 Å². The minimum Gasteiger partial charge on any atom is -0.0722 e. The first kappa shape index (κ1) is 11.5. The van der Waals surface area contributed by atoms with E-state index >= 15 is 0 Å². The first-order chi connectivity index (χ1) is 6.74. The molecule has 0 fully saturated rings. The van der Waals surface area contributed by atoms with Gasteiger partial charge in [-0.3, -0.25) is 0 Å². The molecule has 1 aromatic carbocycles. The van der Waals surface area contributed by atoms with E-state index in [-0.39, 0.29) is 8.80 Å². The average molecular weight is 206 g/mol. The highest BCUT2D eigenvalue weighted by Gasteiger charge is 2.09. The standard InChI is InChI=1S/C13H22Si/c1-4-12(10-11-14(2)3)13-8-6-5-7-9-13/h5-9,12,14H,4,10-11H2,1-3H3. The summed E-state index contributed by atoms with van der Waals surface area (Å²) in [6.45, 7) is 7.19. The summed E-state index contributed by atoms with van der Waals surface area (Å²) in [5.41, 5.74) is 1.53. The molecule has 0 amide bonds. The van der Waals surface area contributed by atoms with Crippen molar-refractivity contribution in [1.29, 1.82) is 0 Å². The molecule has 0 saturated heterocycles. The Morgan fingerprint density at radius 2 is 1.79 bits per heavy atom. The fraction of sp³-hybridized carbons (Fsp3) is 0.538. The zero-order valence-electron chi connectivity index (χ0n) is 9.66. The Kier molecular flexibility index (Phi) is 4.95. The highest BCUT2D eigenvalue weighted by Crippen LogP contribution is 2.25. The lowest BCUT2D eigenvalue weighted by Crippen LogP contribution is -2.04. The summed E-state index contributed by atoms with van der Waals surface area (Å²) in [7, 11) is -0.364. The molecule has 0 aromatic heterocycles. The Labute approximate surface area is 90.0 Å². The van der Waals surface area contributed by atoms with Gasteiger partial charge in [-0.1, -0.05) is 56.4 Å². The molecule has 78 valence electrons. The average Bonchev–Trinajstić information content (AvgIpc) is 2.20. The normalized spacial score (nSPS) is 13.1. The fourth-order valence-corrected chi connectivity index (χ4v) is 2.94. The predicted octanol–water partition coefficient (Wildman–Crippen LogP) is 4.06. The van der Waals surface area contributed by atoms with E-state index in [2.05, 4.69) is 50.3 Å². The molecule has 0 nitrogen and oxygen atoms in total. The second kappa shape index (κ2) is 6.02. The molecule has 0 spiro atoms. The van der Waals surface area contributed by atoms with E-state index in [1.54, 1.807) is 0 Å². The monoisotopic (exact) mass is 206 g/mol. The quantitative estimate of drug-likeness (QED) is 0.637. The van der Waals surface area contributed by atoms with E-state index in [1.807, 2.05) is 0 Å². The van der Waals surface area contributed by atoms with Crippen molar-refractivity contribution in [3.8, 4) is 0 Å². The molecule has 1 aromatic rings. The van der Waals surface area contributed by atoms with Crippen LogP contribution in [0.25, 0.3) is 0 Å². The lowest BCUT2D eigenvalue weighted by molar-refractivity contribution is 0.639. The number of hydrogen-bond acceptors (Lipinski definition) is 0. The molecular formula is C13H22Si. The van der Waals surface area contributed by atoms with Crippen molar-refractivity contribution in [3.63, 3.8) is 0 Å². The van der Waals surface area contributed by atoms with Crippen LogP contribution in [0, 0.1) is 0 Å². The predicted molar refractivity (Wildman–Crippen MR) is 67.8 cm³/mol. The molecule has 1 rings (SSSR count). The Morgan fingerprint density at radius 3 is 2.29 bits per heavy atom. The molecule has 1 heteroatoms. The first-order valence-corrected chi connectivity index (χ1v) is 8.91. The van der Waals surface area contributed by atoms with Crippen LogP contribution in [0.2, 0.25) is 19.1 Å². The first-order valence-electron chi connectivity index (χ1n) is 5.79. The molecule has 0 aliphatic carbocycles. The van der Waals surface area contributed by atoms with Crippen LogP contribution in [-0.2, 0) is 0 Å². The van der Waals surface area contributed by atoms with Crippen LogP contribution in [0.4, 0.5) is 0 Å². The molecule has 0 aliphatic rings. The molecule has 0 aliphatic heterocycles. The Balaban J connectivity index is 2.54. The minimum atomic E-state index is -0.364. The summed E-state index contributed by atoms with van der Waals surface area (Å²) < 4.78 is 0. The molecule has 0 N–H and O–H groups in total. The summed E-state index contributed by atoms with van der Waals surface area (Å²) >= 11 is 0. The summed E-state index contributed by atoms with van der Waals surface area (Å²) in [6.07, 6.45) is 2.68. The molecule has 1 unspecified atom stereocenters. The Bertz CT molecular complexity index is 241. The van der Waals surface area contributed by atoms with Crippen molar-refractivity contribution < 1.29 is 0 Å². The van der Waals surface area contributed by atoms with Gasteiger partial charge in [0.15, 0.2) is 0 Å². The van der Waals surface area contributed by atoms with Crippen molar-refractivity contribution in [1.82, 2.24) is 0 Å². The van der Waals surface area contributed by atoms with Crippen LogP contribution in [0.3, 0.4) is 0 Å². The lowest BCUT2D eigenvalue weighted by Gasteiger charge is -2.15. The summed E-state index contributed by atoms with van der Waals surface area (Å²) in [4.78, 5) is 0. The van der Waals surface area contributed by atoms with Crippen molar-refractivity contribution in [2.24, 2.45) is 0 Å². The van der Waals surface area contributed by atoms with Crippen molar-refractivity contribution in [2.45, 2.75) is 44.8 Å². The molecule has 0 heterocycles. The molecule has 1 atom stereocenters. The van der Waals surface area contributed by atoms with Gasteiger partial charge in [-0.15, -0.1) is 0 Å². The van der Waals surface area contributed by atoms with Crippen molar-refractivity contribution >= 4 is 8.80 Å². The van der Waals surface area contributed by atoms with E-state index in [0.717, 1.165) is 5.92 Å². The third kappa shape index (κ3) is 3.67. The third-order valence-electron chi connectivity index (χ3n) is 2.86. The highest BCUT2D eigenvalue weighted by molar-refractivity contribution is 6.55. The van der Waals surface area contributed by atoms with Gasteiger partial charge in [0, 0.05) is 8.80 Å². The van der Waals surface area contributed by atoms with Crippen LogP contribution in [0.5, 0.6) is 0 Å². The largest absolute Gasteiger partial charge is 0.0722 e. The summed E-state index contributed by atoms with van der Waals surface area (Å²) in [5.74, 6) is 0.797. The second-order valence-electron chi connectivity index (χ2n) is 4.49. The van der Waals surface area contributed by atoms with Gasteiger partial charge < -0.3 is 0 Å². The molecule has 0 saturated carbocycles. The van der Waals surface area contributed by atoms with E-state index in [4.69, 9.17) is 0 Å². The smallest absolute Gasteiger partial charge is 0.0305 e. The zero-order chi connectivity index (χ0) is 10.4. The van der Waals surface area contributed by atoms with Gasteiger partial charge in [0.2, 0.25) is 0 Å². The van der Waals surface area contributed by atoms with Gasteiger partial charge in [0.1, 0.15) is 0 Å². The fourth-order valence-electron chi connectivity index (χ4n) is 1.87. The SMILES string of the molecule is CCC(CC[SiH](C)C)c1ccccc1. The van der Waals surface area contributed by atoms with Gasteiger partial charge in [-0.25, -0.2) is 0 Å². The maximum Gasteiger partial charge on any atom is 0.0305 e. The van der Waals surface area contributed by atoms with Crippen molar-refractivity contribution in [3.05, 3.63) is 35.9 Å². The topological polar surface area (TPSA) is 0 Å². The molecule has 14 heavy (non-hydrogen) atoms.